The Balaban J connectivity index is 1.52. The van der Waals surface area contributed by atoms with Gasteiger partial charge in [-0.05, 0) is 30.0 Å². The largest absolute Gasteiger partial charge is 0.478 e. The van der Waals surface area contributed by atoms with Gasteiger partial charge in [-0.25, -0.2) is 4.79 Å². The van der Waals surface area contributed by atoms with E-state index in [0.29, 0.717) is 6.54 Å². The number of carbonyl (C=O) groups is 2. The zero-order chi connectivity index (χ0) is 20.1. The molecule has 1 aliphatic rings. The van der Waals surface area contributed by atoms with Crippen LogP contribution in [0, 0.1) is 10.1 Å². The predicted octanol–water partition coefficient (Wildman–Crippen LogP) is 2.47. The summed E-state index contributed by atoms with van der Waals surface area (Å²) in [5.41, 5.74) is 1.98. The fourth-order valence-corrected chi connectivity index (χ4v) is 3.32. The van der Waals surface area contributed by atoms with Gasteiger partial charge in [0.25, 0.3) is 11.6 Å². The molecular formula is C20H21N3O5. The highest BCUT2D eigenvalue weighted by atomic mass is 16.6. The number of hydrogen-bond donors (Lipinski definition) is 2. The number of non-ortho nitro benzene ring substituents is 1. The summed E-state index contributed by atoms with van der Waals surface area (Å²) in [5.74, 6) is -1.83. The molecule has 0 radical (unpaired) electrons. The molecule has 0 aromatic heterocycles. The summed E-state index contributed by atoms with van der Waals surface area (Å²) < 4.78 is 0. The van der Waals surface area contributed by atoms with Crippen molar-refractivity contribution in [1.82, 2.24) is 10.2 Å². The number of carboxylic acid groups (broad SMARTS) is 1. The highest BCUT2D eigenvalue weighted by Gasteiger charge is 2.18. The van der Waals surface area contributed by atoms with Gasteiger partial charge in [0.2, 0.25) is 0 Å². The van der Waals surface area contributed by atoms with Crippen LogP contribution in [-0.4, -0.2) is 46.4 Å². The second kappa shape index (κ2) is 8.62. The maximum Gasteiger partial charge on any atom is 0.335 e. The first-order valence-electron chi connectivity index (χ1n) is 9.04. The van der Waals surface area contributed by atoms with Gasteiger partial charge in [0.05, 0.1) is 10.5 Å². The van der Waals surface area contributed by atoms with Gasteiger partial charge in [0.1, 0.15) is 0 Å². The number of nitro groups is 1. The molecule has 2 aromatic carbocycles. The van der Waals surface area contributed by atoms with Crippen molar-refractivity contribution in [3.05, 3.63) is 74.8 Å². The Bertz CT molecular complexity index is 880. The quantitative estimate of drug-likeness (QED) is 0.431. The van der Waals surface area contributed by atoms with E-state index in [2.05, 4.69) is 22.3 Å². The average Bonchev–Trinajstić information content (AvgIpc) is 2.70. The third kappa shape index (κ3) is 4.72. The number of aromatic carboxylic acids is 1. The molecule has 0 saturated heterocycles. The van der Waals surface area contributed by atoms with Gasteiger partial charge in [-0.2, -0.15) is 0 Å². The van der Waals surface area contributed by atoms with E-state index in [0.717, 1.165) is 50.7 Å². The van der Waals surface area contributed by atoms with Gasteiger partial charge < -0.3 is 10.4 Å². The number of benzene rings is 2. The van der Waals surface area contributed by atoms with E-state index in [1.54, 1.807) is 0 Å². The van der Waals surface area contributed by atoms with Crippen LogP contribution in [0.25, 0.3) is 0 Å². The molecule has 0 unspecified atom stereocenters. The Kier molecular flexibility index (Phi) is 6.00. The Morgan fingerprint density at radius 3 is 2.57 bits per heavy atom. The van der Waals surface area contributed by atoms with Gasteiger partial charge in [0, 0.05) is 43.9 Å². The highest BCUT2D eigenvalue weighted by molar-refractivity contribution is 5.98. The zero-order valence-corrected chi connectivity index (χ0v) is 15.3. The molecule has 2 N–H and O–H groups in total. The van der Waals surface area contributed by atoms with E-state index in [9.17, 15) is 19.7 Å². The summed E-state index contributed by atoms with van der Waals surface area (Å²) in [5, 5.41) is 22.7. The molecule has 0 spiro atoms. The maximum absolute atomic E-state index is 12.3. The van der Waals surface area contributed by atoms with Crippen LogP contribution in [0.15, 0.2) is 42.5 Å². The molecule has 0 aliphatic carbocycles. The van der Waals surface area contributed by atoms with Crippen molar-refractivity contribution in [3.63, 3.8) is 0 Å². The maximum atomic E-state index is 12.3. The summed E-state index contributed by atoms with van der Waals surface area (Å²) in [6.07, 6.45) is 1.74. The van der Waals surface area contributed by atoms with Crippen molar-refractivity contribution in [2.24, 2.45) is 0 Å². The molecule has 0 bridgehead atoms. The minimum absolute atomic E-state index is 0.0292. The summed E-state index contributed by atoms with van der Waals surface area (Å²) in [6, 6.07) is 11.5. The third-order valence-corrected chi connectivity index (χ3v) is 4.78. The standard InChI is InChI=1S/C20H21N3O5/c24-19(16-10-17(20(25)26)12-18(11-16)23(27)28)21-7-3-8-22-9-6-14-4-1-2-5-15(14)13-22/h1-2,4-5,10-12H,3,6-9,13H2,(H,21,24)(H,25,26). The molecule has 28 heavy (non-hydrogen) atoms. The molecule has 0 saturated carbocycles. The van der Waals surface area contributed by atoms with Gasteiger partial charge in [-0.3, -0.25) is 19.8 Å². The number of nitrogens with zero attached hydrogens (tertiary/aromatic N) is 2. The lowest BCUT2D eigenvalue weighted by Crippen LogP contribution is -2.33. The molecule has 1 aliphatic heterocycles. The van der Waals surface area contributed by atoms with Crippen LogP contribution in [0.4, 0.5) is 5.69 Å². The fourth-order valence-electron chi connectivity index (χ4n) is 3.32. The molecule has 0 atom stereocenters. The first-order chi connectivity index (χ1) is 13.4. The lowest BCUT2D eigenvalue weighted by molar-refractivity contribution is -0.384. The van der Waals surface area contributed by atoms with Crippen molar-refractivity contribution in [3.8, 4) is 0 Å². The monoisotopic (exact) mass is 383 g/mol. The molecule has 8 heteroatoms. The number of fused-ring (bicyclic) bond motifs is 1. The molecule has 1 amide bonds. The van der Waals surface area contributed by atoms with Crippen LogP contribution in [0.5, 0.6) is 0 Å². The number of carboxylic acids is 1. The van der Waals surface area contributed by atoms with Crippen LogP contribution >= 0.6 is 0 Å². The first kappa shape index (κ1) is 19.5. The SMILES string of the molecule is O=C(O)c1cc(C(=O)NCCCN2CCc3ccccc3C2)cc([N+](=O)[O-])c1. The number of nitrogens with one attached hydrogen (secondary N) is 1. The van der Waals surface area contributed by atoms with Crippen molar-refractivity contribution in [2.45, 2.75) is 19.4 Å². The Morgan fingerprint density at radius 1 is 1.14 bits per heavy atom. The molecule has 0 fully saturated rings. The topological polar surface area (TPSA) is 113 Å². The van der Waals surface area contributed by atoms with Crippen LogP contribution in [0.2, 0.25) is 0 Å². The molecule has 1 heterocycles. The van der Waals surface area contributed by atoms with E-state index in [1.165, 1.54) is 11.1 Å². The second-order valence-corrected chi connectivity index (χ2v) is 6.74. The van der Waals surface area contributed by atoms with Crippen molar-refractivity contribution in [2.75, 3.05) is 19.6 Å². The molecular weight excluding hydrogens is 362 g/mol. The Labute approximate surface area is 161 Å². The zero-order valence-electron chi connectivity index (χ0n) is 15.3. The van der Waals surface area contributed by atoms with E-state index < -0.39 is 22.5 Å². The molecule has 3 rings (SSSR count). The third-order valence-electron chi connectivity index (χ3n) is 4.78. The lowest BCUT2D eigenvalue weighted by Gasteiger charge is -2.28. The summed E-state index contributed by atoms with van der Waals surface area (Å²) in [7, 11) is 0. The van der Waals surface area contributed by atoms with Crippen molar-refractivity contribution < 1.29 is 19.6 Å². The van der Waals surface area contributed by atoms with Gasteiger partial charge in [-0.15, -0.1) is 0 Å². The minimum Gasteiger partial charge on any atom is -0.478 e. The molecule has 146 valence electrons. The number of carbonyl (C=O) groups excluding carboxylic acids is 1. The van der Waals surface area contributed by atoms with Crippen molar-refractivity contribution in [1.29, 1.82) is 0 Å². The fraction of sp³-hybridized carbons (Fsp3) is 0.300. The van der Waals surface area contributed by atoms with Gasteiger partial charge >= 0.3 is 5.97 Å². The van der Waals surface area contributed by atoms with E-state index in [-0.39, 0.29) is 11.1 Å². The van der Waals surface area contributed by atoms with Crippen molar-refractivity contribution >= 4 is 17.6 Å². The number of hydrogen-bond acceptors (Lipinski definition) is 5. The molecule has 2 aromatic rings. The number of rotatable bonds is 7. The smallest absolute Gasteiger partial charge is 0.335 e. The van der Waals surface area contributed by atoms with E-state index in [1.807, 2.05) is 12.1 Å². The van der Waals surface area contributed by atoms with Gasteiger partial charge in [-0.1, -0.05) is 24.3 Å². The summed E-state index contributed by atoms with van der Waals surface area (Å²) in [4.78, 5) is 35.9. The second-order valence-electron chi connectivity index (χ2n) is 6.74. The Hall–Kier alpha value is -3.26. The number of amides is 1. The van der Waals surface area contributed by atoms with Crippen LogP contribution in [-0.2, 0) is 13.0 Å². The van der Waals surface area contributed by atoms with Gasteiger partial charge in [0.15, 0.2) is 0 Å². The first-order valence-corrected chi connectivity index (χ1v) is 9.04. The summed E-state index contributed by atoms with van der Waals surface area (Å²) >= 11 is 0. The van der Waals surface area contributed by atoms with Crippen LogP contribution < -0.4 is 5.32 Å². The average molecular weight is 383 g/mol. The summed E-state index contributed by atoms with van der Waals surface area (Å²) in [6.45, 7) is 3.08. The lowest BCUT2D eigenvalue weighted by atomic mass is 10.00. The Morgan fingerprint density at radius 2 is 1.86 bits per heavy atom. The van der Waals surface area contributed by atoms with E-state index in [4.69, 9.17) is 5.11 Å². The normalized spacial score (nSPS) is 13.6. The van der Waals surface area contributed by atoms with Crippen LogP contribution in [0.3, 0.4) is 0 Å². The highest BCUT2D eigenvalue weighted by Crippen LogP contribution is 2.19. The predicted molar refractivity (Wildman–Crippen MR) is 102 cm³/mol. The minimum atomic E-state index is -1.32. The van der Waals surface area contributed by atoms with E-state index >= 15 is 0 Å². The number of nitro benzene ring substituents is 1. The molecule has 8 nitrogen and oxygen atoms in total. The van der Waals surface area contributed by atoms with Crippen LogP contribution in [0.1, 0.15) is 38.3 Å².